The number of carbonyl (C=O) groups is 2. The standard InChI is InChI=1S/C20H23NO4/c1-16-7-5-11-18(13-16)21-19(22)14-24-15-20(23)25-12-6-10-17-8-3-2-4-9-17/h2-5,7-9,11,13H,6,10,12,14-15H2,1H3,(H,21,22). The molecule has 1 N–H and O–H groups in total. The van der Waals surface area contributed by atoms with Crippen molar-refractivity contribution in [2.75, 3.05) is 25.1 Å². The summed E-state index contributed by atoms with van der Waals surface area (Å²) in [5, 5.41) is 2.71. The molecular weight excluding hydrogens is 318 g/mol. The first kappa shape index (κ1) is 18.7. The van der Waals surface area contributed by atoms with Gasteiger partial charge in [-0.05, 0) is 43.0 Å². The van der Waals surface area contributed by atoms with Crippen LogP contribution >= 0.6 is 0 Å². The topological polar surface area (TPSA) is 64.6 Å². The maximum atomic E-state index is 11.7. The molecule has 5 heteroatoms. The van der Waals surface area contributed by atoms with Crippen LogP contribution in [-0.4, -0.2) is 31.7 Å². The zero-order valence-electron chi connectivity index (χ0n) is 14.4. The van der Waals surface area contributed by atoms with Crippen molar-refractivity contribution >= 4 is 17.6 Å². The number of hydrogen-bond acceptors (Lipinski definition) is 4. The van der Waals surface area contributed by atoms with Gasteiger partial charge in [0.2, 0.25) is 5.91 Å². The Balaban J connectivity index is 1.55. The number of aryl methyl sites for hydroxylation is 2. The second kappa shape index (κ2) is 10.3. The van der Waals surface area contributed by atoms with Crippen molar-refractivity contribution in [2.24, 2.45) is 0 Å². The number of carbonyl (C=O) groups excluding carboxylic acids is 2. The average Bonchev–Trinajstić information content (AvgIpc) is 2.60. The lowest BCUT2D eigenvalue weighted by atomic mass is 10.1. The summed E-state index contributed by atoms with van der Waals surface area (Å²) < 4.78 is 10.2. The van der Waals surface area contributed by atoms with E-state index in [0.717, 1.165) is 18.4 Å². The molecule has 0 spiro atoms. The van der Waals surface area contributed by atoms with E-state index < -0.39 is 5.97 Å². The zero-order valence-corrected chi connectivity index (χ0v) is 14.4. The van der Waals surface area contributed by atoms with Gasteiger partial charge < -0.3 is 14.8 Å². The van der Waals surface area contributed by atoms with E-state index in [1.807, 2.05) is 55.5 Å². The van der Waals surface area contributed by atoms with Crippen LogP contribution in [0.25, 0.3) is 0 Å². The summed E-state index contributed by atoms with van der Waals surface area (Å²) in [6.07, 6.45) is 1.61. The minimum Gasteiger partial charge on any atom is -0.464 e. The molecule has 0 atom stereocenters. The maximum absolute atomic E-state index is 11.7. The lowest BCUT2D eigenvalue weighted by Crippen LogP contribution is -2.22. The highest BCUT2D eigenvalue weighted by Gasteiger charge is 2.07. The summed E-state index contributed by atoms with van der Waals surface area (Å²) in [5.41, 5.74) is 2.97. The Hall–Kier alpha value is -2.66. The highest BCUT2D eigenvalue weighted by molar-refractivity contribution is 5.91. The molecule has 25 heavy (non-hydrogen) atoms. The fraction of sp³-hybridized carbons (Fsp3) is 0.300. The van der Waals surface area contributed by atoms with Crippen molar-refractivity contribution in [1.29, 1.82) is 0 Å². The number of rotatable bonds is 9. The molecule has 5 nitrogen and oxygen atoms in total. The summed E-state index contributed by atoms with van der Waals surface area (Å²) in [6, 6.07) is 17.5. The predicted molar refractivity (Wildman–Crippen MR) is 96.3 cm³/mol. The molecule has 0 aliphatic carbocycles. The van der Waals surface area contributed by atoms with Gasteiger partial charge in [-0.15, -0.1) is 0 Å². The van der Waals surface area contributed by atoms with Gasteiger partial charge in [-0.1, -0.05) is 42.5 Å². The van der Waals surface area contributed by atoms with E-state index in [9.17, 15) is 9.59 Å². The van der Waals surface area contributed by atoms with Crippen LogP contribution in [0.1, 0.15) is 17.5 Å². The molecule has 0 unspecified atom stereocenters. The van der Waals surface area contributed by atoms with Gasteiger partial charge in [-0.3, -0.25) is 4.79 Å². The Morgan fingerprint density at radius 2 is 1.80 bits per heavy atom. The van der Waals surface area contributed by atoms with Gasteiger partial charge >= 0.3 is 5.97 Å². The van der Waals surface area contributed by atoms with Crippen LogP contribution in [0.5, 0.6) is 0 Å². The van der Waals surface area contributed by atoms with Crippen molar-refractivity contribution < 1.29 is 19.1 Å². The average molecular weight is 341 g/mol. The lowest BCUT2D eigenvalue weighted by molar-refractivity contribution is -0.149. The summed E-state index contributed by atoms with van der Waals surface area (Å²) >= 11 is 0. The SMILES string of the molecule is Cc1cccc(NC(=O)COCC(=O)OCCCc2ccccc2)c1. The molecule has 0 radical (unpaired) electrons. The number of ether oxygens (including phenoxy) is 2. The molecule has 2 aromatic rings. The Morgan fingerprint density at radius 3 is 2.56 bits per heavy atom. The summed E-state index contributed by atoms with van der Waals surface area (Å²) in [7, 11) is 0. The van der Waals surface area contributed by atoms with Gasteiger partial charge in [0.1, 0.15) is 13.2 Å². The van der Waals surface area contributed by atoms with Crippen LogP contribution in [0, 0.1) is 6.92 Å². The van der Waals surface area contributed by atoms with E-state index in [0.29, 0.717) is 12.3 Å². The first-order valence-corrected chi connectivity index (χ1v) is 8.27. The summed E-state index contributed by atoms with van der Waals surface area (Å²) in [6.45, 7) is 1.87. The zero-order chi connectivity index (χ0) is 17.9. The first-order chi connectivity index (χ1) is 12.1. The lowest BCUT2D eigenvalue weighted by Gasteiger charge is -2.07. The summed E-state index contributed by atoms with van der Waals surface area (Å²) in [4.78, 5) is 23.3. The number of anilines is 1. The summed E-state index contributed by atoms with van der Waals surface area (Å²) in [5.74, 6) is -0.765. The fourth-order valence-corrected chi connectivity index (χ4v) is 2.30. The van der Waals surface area contributed by atoms with Crippen molar-refractivity contribution in [1.82, 2.24) is 0 Å². The Bertz CT molecular complexity index is 685. The molecule has 0 heterocycles. The molecule has 0 aromatic heterocycles. The van der Waals surface area contributed by atoms with Crippen LogP contribution in [0.2, 0.25) is 0 Å². The number of esters is 1. The molecule has 0 aliphatic rings. The quantitative estimate of drug-likeness (QED) is 0.562. The second-order valence-electron chi connectivity index (χ2n) is 5.72. The van der Waals surface area contributed by atoms with Gasteiger partial charge in [-0.2, -0.15) is 0 Å². The minimum absolute atomic E-state index is 0.187. The highest BCUT2D eigenvalue weighted by Crippen LogP contribution is 2.09. The molecule has 2 rings (SSSR count). The van der Waals surface area contributed by atoms with Gasteiger partial charge in [0.25, 0.3) is 0 Å². The van der Waals surface area contributed by atoms with Crippen molar-refractivity contribution in [3.05, 3.63) is 65.7 Å². The van der Waals surface area contributed by atoms with Crippen molar-refractivity contribution in [3.8, 4) is 0 Å². The number of hydrogen-bond donors (Lipinski definition) is 1. The third-order valence-electron chi connectivity index (χ3n) is 3.47. The van der Waals surface area contributed by atoms with Gasteiger partial charge in [0.15, 0.2) is 0 Å². The fourth-order valence-electron chi connectivity index (χ4n) is 2.30. The molecular formula is C20H23NO4. The second-order valence-corrected chi connectivity index (χ2v) is 5.72. The van der Waals surface area contributed by atoms with Crippen molar-refractivity contribution in [2.45, 2.75) is 19.8 Å². The van der Waals surface area contributed by atoms with Gasteiger partial charge in [0.05, 0.1) is 6.61 Å². The molecule has 132 valence electrons. The van der Waals surface area contributed by atoms with Crippen LogP contribution in [-0.2, 0) is 25.5 Å². The third kappa shape index (κ3) is 7.63. The smallest absolute Gasteiger partial charge is 0.332 e. The van der Waals surface area contributed by atoms with E-state index in [2.05, 4.69) is 5.32 Å². The Labute approximate surface area is 148 Å². The van der Waals surface area contributed by atoms with E-state index in [1.165, 1.54) is 5.56 Å². The first-order valence-electron chi connectivity index (χ1n) is 8.27. The molecule has 2 aromatic carbocycles. The molecule has 0 aliphatic heterocycles. The van der Waals surface area contributed by atoms with Crippen LogP contribution in [0.15, 0.2) is 54.6 Å². The third-order valence-corrected chi connectivity index (χ3v) is 3.47. The number of amides is 1. The largest absolute Gasteiger partial charge is 0.464 e. The Kier molecular flexibility index (Phi) is 7.66. The molecule has 0 bridgehead atoms. The maximum Gasteiger partial charge on any atom is 0.332 e. The monoisotopic (exact) mass is 341 g/mol. The van der Waals surface area contributed by atoms with Crippen LogP contribution in [0.3, 0.4) is 0 Å². The van der Waals surface area contributed by atoms with Crippen LogP contribution in [0.4, 0.5) is 5.69 Å². The van der Waals surface area contributed by atoms with E-state index in [1.54, 1.807) is 6.07 Å². The number of nitrogens with one attached hydrogen (secondary N) is 1. The molecule has 0 fully saturated rings. The van der Waals surface area contributed by atoms with Crippen LogP contribution < -0.4 is 5.32 Å². The molecule has 0 saturated heterocycles. The van der Waals surface area contributed by atoms with Gasteiger partial charge in [-0.25, -0.2) is 4.79 Å². The Morgan fingerprint density at radius 1 is 1.00 bits per heavy atom. The van der Waals surface area contributed by atoms with E-state index in [-0.39, 0.29) is 19.1 Å². The van der Waals surface area contributed by atoms with Crippen molar-refractivity contribution in [3.63, 3.8) is 0 Å². The minimum atomic E-state index is -0.462. The van der Waals surface area contributed by atoms with E-state index in [4.69, 9.17) is 9.47 Å². The molecule has 1 amide bonds. The van der Waals surface area contributed by atoms with Gasteiger partial charge in [0, 0.05) is 5.69 Å². The molecule has 0 saturated carbocycles. The van der Waals surface area contributed by atoms with E-state index >= 15 is 0 Å². The normalized spacial score (nSPS) is 10.3. The number of benzene rings is 2. The predicted octanol–water partition coefficient (Wildman–Crippen LogP) is 3.13. The highest BCUT2D eigenvalue weighted by atomic mass is 16.6.